The highest BCUT2D eigenvalue weighted by molar-refractivity contribution is 6.09. The van der Waals surface area contributed by atoms with E-state index >= 15 is 0 Å². The number of Topliss-reactive ketones (excluding diaryl/α,β-unsaturated/α-hetero) is 1. The van der Waals surface area contributed by atoms with Gasteiger partial charge in [-0.3, -0.25) is 14.6 Å². The number of aromatic nitrogens is 2. The molecule has 2 aromatic heterocycles. The highest BCUT2D eigenvalue weighted by Crippen LogP contribution is 2.42. The smallest absolute Gasteiger partial charge is 0.221 e. The molecule has 0 aliphatic heterocycles. The van der Waals surface area contributed by atoms with Gasteiger partial charge in [-0.05, 0) is 31.2 Å². The minimum absolute atomic E-state index is 0.0500. The average molecular weight is 374 g/mol. The van der Waals surface area contributed by atoms with E-state index in [0.29, 0.717) is 18.5 Å². The lowest BCUT2D eigenvalue weighted by Crippen LogP contribution is -2.32. The van der Waals surface area contributed by atoms with Crippen LogP contribution in [0, 0.1) is 5.92 Å². The number of nitrogens with one attached hydrogen (secondary N) is 1. The van der Waals surface area contributed by atoms with Crippen LogP contribution < -0.4 is 11.1 Å². The summed E-state index contributed by atoms with van der Waals surface area (Å²) in [4.78, 5) is 29.0. The first kappa shape index (κ1) is 18.0. The number of para-hydroxylation sites is 1. The molecule has 0 bridgehead atoms. The van der Waals surface area contributed by atoms with E-state index in [2.05, 4.69) is 14.9 Å². The van der Waals surface area contributed by atoms with E-state index in [1.807, 2.05) is 49.4 Å². The zero-order chi connectivity index (χ0) is 19.7. The maximum Gasteiger partial charge on any atom is 0.221 e. The van der Waals surface area contributed by atoms with Crippen molar-refractivity contribution in [1.82, 2.24) is 9.55 Å². The number of rotatable bonds is 5. The van der Waals surface area contributed by atoms with Gasteiger partial charge < -0.3 is 15.6 Å². The Morgan fingerprint density at radius 1 is 1.18 bits per heavy atom. The van der Waals surface area contributed by atoms with Crippen LogP contribution in [0.15, 0.2) is 54.9 Å². The molecule has 0 fully saturated rings. The number of ketones is 1. The summed E-state index contributed by atoms with van der Waals surface area (Å²) in [5, 5.41) is 3.45. The van der Waals surface area contributed by atoms with Gasteiger partial charge >= 0.3 is 0 Å². The number of carbonyl (C=O) groups excluding carboxylic acids is 2. The van der Waals surface area contributed by atoms with Gasteiger partial charge in [-0.25, -0.2) is 0 Å². The molecule has 28 heavy (non-hydrogen) atoms. The fraction of sp³-hybridized carbons (Fsp3) is 0.227. The molecule has 1 aliphatic rings. The van der Waals surface area contributed by atoms with Gasteiger partial charge in [-0.2, -0.15) is 0 Å². The summed E-state index contributed by atoms with van der Waals surface area (Å²) in [6, 6.07) is 13.6. The van der Waals surface area contributed by atoms with E-state index < -0.39 is 11.8 Å². The van der Waals surface area contributed by atoms with E-state index in [9.17, 15) is 9.59 Å². The molecule has 6 heteroatoms. The van der Waals surface area contributed by atoms with Crippen molar-refractivity contribution in [3.63, 3.8) is 0 Å². The number of pyridine rings is 1. The molecular weight excluding hydrogens is 352 g/mol. The minimum atomic E-state index is -0.463. The number of hydrogen-bond donors (Lipinski definition) is 2. The molecule has 1 amide bonds. The Kier molecular flexibility index (Phi) is 4.69. The number of fused-ring (bicyclic) bond motifs is 1. The number of carbonyl (C=O) groups is 2. The number of hydrogen-bond acceptors (Lipinski definition) is 4. The lowest BCUT2D eigenvalue weighted by atomic mass is 9.85. The third-order valence-corrected chi connectivity index (χ3v) is 5.24. The topological polar surface area (TPSA) is 90.0 Å². The predicted octanol–water partition coefficient (Wildman–Crippen LogP) is 3.54. The lowest BCUT2D eigenvalue weighted by Gasteiger charge is -2.21. The molecule has 1 atom stereocenters. The van der Waals surface area contributed by atoms with Crippen molar-refractivity contribution in [2.75, 3.05) is 5.32 Å². The number of nitrogens with two attached hydrogens (primary N) is 1. The van der Waals surface area contributed by atoms with Crippen LogP contribution in [-0.4, -0.2) is 21.2 Å². The fourth-order valence-corrected chi connectivity index (χ4v) is 3.96. The quantitative estimate of drug-likeness (QED) is 0.715. The van der Waals surface area contributed by atoms with Crippen LogP contribution in [0.1, 0.15) is 29.4 Å². The first-order valence-corrected chi connectivity index (χ1v) is 9.40. The maximum atomic E-state index is 13.1. The van der Waals surface area contributed by atoms with Crippen LogP contribution in [0.4, 0.5) is 11.4 Å². The third kappa shape index (κ3) is 3.07. The van der Waals surface area contributed by atoms with Crippen molar-refractivity contribution in [3.8, 4) is 11.3 Å². The second-order valence-electron chi connectivity index (χ2n) is 6.95. The molecular formula is C22H22N4O2. The van der Waals surface area contributed by atoms with Crippen molar-refractivity contribution in [1.29, 1.82) is 0 Å². The molecule has 1 aromatic carbocycles. The van der Waals surface area contributed by atoms with Crippen LogP contribution in [0.25, 0.3) is 11.3 Å². The third-order valence-electron chi connectivity index (χ3n) is 5.24. The molecule has 1 unspecified atom stereocenters. The predicted molar refractivity (Wildman–Crippen MR) is 108 cm³/mol. The van der Waals surface area contributed by atoms with Gasteiger partial charge in [-0.1, -0.05) is 18.2 Å². The Morgan fingerprint density at radius 2 is 1.89 bits per heavy atom. The summed E-state index contributed by atoms with van der Waals surface area (Å²) >= 11 is 0. The standard InChI is InChI=1S/C22H22N4O2/c1-2-26-17-12-15(22(23)28)13-18(27)19(17)20(25-16-6-4-3-5-7-16)21(26)14-8-10-24-11-9-14/h3-11,15,25H,2,12-13H2,1H3,(H2,23,28). The first-order chi connectivity index (χ1) is 13.6. The number of amides is 1. The van der Waals surface area contributed by atoms with Crippen LogP contribution in [0.5, 0.6) is 0 Å². The summed E-state index contributed by atoms with van der Waals surface area (Å²) in [5.41, 5.74) is 10.6. The van der Waals surface area contributed by atoms with E-state index in [4.69, 9.17) is 5.73 Å². The average Bonchev–Trinajstić information content (AvgIpc) is 3.03. The molecule has 0 saturated carbocycles. The Balaban J connectivity index is 1.95. The molecule has 3 aromatic rings. The highest BCUT2D eigenvalue weighted by atomic mass is 16.1. The Morgan fingerprint density at radius 3 is 2.54 bits per heavy atom. The summed E-state index contributed by atoms with van der Waals surface area (Å²) in [7, 11) is 0. The Hall–Kier alpha value is -3.41. The second kappa shape index (κ2) is 7.31. The second-order valence-corrected chi connectivity index (χ2v) is 6.95. The zero-order valence-corrected chi connectivity index (χ0v) is 15.7. The van der Waals surface area contributed by atoms with Gasteiger partial charge in [0.1, 0.15) is 0 Å². The highest BCUT2D eigenvalue weighted by Gasteiger charge is 2.36. The summed E-state index contributed by atoms with van der Waals surface area (Å²) in [5.74, 6) is -0.938. The van der Waals surface area contributed by atoms with Crippen LogP contribution in [-0.2, 0) is 17.8 Å². The normalized spacial score (nSPS) is 15.9. The number of primary amides is 1. The molecule has 142 valence electrons. The van der Waals surface area contributed by atoms with Crippen molar-refractivity contribution in [2.45, 2.75) is 26.3 Å². The van der Waals surface area contributed by atoms with Crippen molar-refractivity contribution in [2.24, 2.45) is 11.7 Å². The maximum absolute atomic E-state index is 13.1. The molecule has 0 spiro atoms. The number of benzene rings is 1. The molecule has 0 saturated heterocycles. The van der Waals surface area contributed by atoms with Crippen LogP contribution >= 0.6 is 0 Å². The Labute approximate surface area is 163 Å². The first-order valence-electron chi connectivity index (χ1n) is 9.40. The van der Waals surface area contributed by atoms with Crippen molar-refractivity contribution < 1.29 is 9.59 Å². The zero-order valence-electron chi connectivity index (χ0n) is 15.7. The van der Waals surface area contributed by atoms with Crippen molar-refractivity contribution >= 4 is 23.1 Å². The lowest BCUT2D eigenvalue weighted by molar-refractivity contribution is -0.121. The molecule has 0 radical (unpaired) electrons. The summed E-state index contributed by atoms with van der Waals surface area (Å²) in [6.07, 6.45) is 4.09. The number of anilines is 2. The van der Waals surface area contributed by atoms with E-state index in [1.165, 1.54) is 0 Å². The van der Waals surface area contributed by atoms with Gasteiger partial charge in [0, 0.05) is 48.7 Å². The molecule has 1 aliphatic carbocycles. The monoisotopic (exact) mass is 374 g/mol. The summed E-state index contributed by atoms with van der Waals surface area (Å²) < 4.78 is 2.11. The number of nitrogens with zero attached hydrogens (tertiary/aromatic N) is 2. The summed E-state index contributed by atoms with van der Waals surface area (Å²) in [6.45, 7) is 2.71. The van der Waals surface area contributed by atoms with Crippen molar-refractivity contribution in [3.05, 3.63) is 66.1 Å². The minimum Gasteiger partial charge on any atom is -0.369 e. The van der Waals surface area contributed by atoms with Gasteiger partial charge in [0.2, 0.25) is 5.91 Å². The molecule has 6 nitrogen and oxygen atoms in total. The SMILES string of the molecule is CCn1c2c(c(Nc3ccccc3)c1-c1ccncc1)C(=O)CC(C(N)=O)C2. The van der Waals surface area contributed by atoms with Gasteiger partial charge in [0.05, 0.1) is 22.9 Å². The molecule has 2 heterocycles. The molecule has 4 rings (SSSR count). The van der Waals surface area contributed by atoms with Crippen LogP contribution in [0.3, 0.4) is 0 Å². The van der Waals surface area contributed by atoms with Gasteiger partial charge in [-0.15, -0.1) is 0 Å². The van der Waals surface area contributed by atoms with Gasteiger partial charge in [0.15, 0.2) is 5.78 Å². The van der Waals surface area contributed by atoms with Gasteiger partial charge in [0.25, 0.3) is 0 Å². The Bertz CT molecular complexity index is 1030. The molecule has 3 N–H and O–H groups in total. The largest absolute Gasteiger partial charge is 0.369 e. The fourth-order valence-electron chi connectivity index (χ4n) is 3.96. The van der Waals surface area contributed by atoms with E-state index in [0.717, 1.165) is 28.3 Å². The van der Waals surface area contributed by atoms with E-state index in [-0.39, 0.29) is 12.2 Å². The van der Waals surface area contributed by atoms with E-state index in [1.54, 1.807) is 12.4 Å². The van der Waals surface area contributed by atoms with Crippen LogP contribution in [0.2, 0.25) is 0 Å².